The largest absolute Gasteiger partial charge is 0.356 e. The van der Waals surface area contributed by atoms with Gasteiger partial charge in [0.25, 0.3) is 0 Å². The Hall–Kier alpha value is -2.57. The molecule has 2 N–H and O–H groups in total. The van der Waals surface area contributed by atoms with E-state index >= 15 is 0 Å². The number of halogens is 4. The molecule has 0 amide bonds. The van der Waals surface area contributed by atoms with Crippen molar-refractivity contribution in [1.82, 2.24) is 10.6 Å². The Morgan fingerprint density at radius 3 is 2.24 bits per heavy atom. The standard InChI is InChI=1S/C18H19F4N3/c1-11(15-6-5-14(20)10-17(15)22)25-18(23-2)24-8-7-12-3-4-13(19)9-16(12)21/h3-6,9-11H,7-8H2,1-2H3,(H2,23,24,25). The molecule has 0 saturated heterocycles. The van der Waals surface area contributed by atoms with Gasteiger partial charge in [-0.05, 0) is 31.0 Å². The van der Waals surface area contributed by atoms with Crippen molar-refractivity contribution < 1.29 is 17.6 Å². The highest BCUT2D eigenvalue weighted by atomic mass is 19.1. The number of hydrogen-bond acceptors (Lipinski definition) is 1. The highest BCUT2D eigenvalue weighted by Crippen LogP contribution is 2.17. The smallest absolute Gasteiger partial charge is 0.191 e. The lowest BCUT2D eigenvalue weighted by Crippen LogP contribution is -2.39. The molecule has 0 aromatic heterocycles. The molecule has 2 aromatic rings. The summed E-state index contributed by atoms with van der Waals surface area (Å²) in [7, 11) is 1.54. The molecule has 7 heteroatoms. The minimum Gasteiger partial charge on any atom is -0.356 e. The number of hydrogen-bond donors (Lipinski definition) is 2. The van der Waals surface area contributed by atoms with Gasteiger partial charge >= 0.3 is 0 Å². The van der Waals surface area contributed by atoms with E-state index in [0.29, 0.717) is 30.1 Å². The van der Waals surface area contributed by atoms with E-state index in [4.69, 9.17) is 0 Å². The number of aliphatic imine (C=N–C) groups is 1. The van der Waals surface area contributed by atoms with Gasteiger partial charge in [-0.2, -0.15) is 0 Å². The van der Waals surface area contributed by atoms with Gasteiger partial charge in [0, 0.05) is 31.3 Å². The fraction of sp³-hybridized carbons (Fsp3) is 0.278. The van der Waals surface area contributed by atoms with Crippen molar-refractivity contribution >= 4 is 5.96 Å². The van der Waals surface area contributed by atoms with Crippen molar-refractivity contribution in [2.24, 2.45) is 4.99 Å². The van der Waals surface area contributed by atoms with Gasteiger partial charge in [-0.15, -0.1) is 0 Å². The summed E-state index contributed by atoms with van der Waals surface area (Å²) >= 11 is 0. The fourth-order valence-electron chi connectivity index (χ4n) is 2.37. The van der Waals surface area contributed by atoms with Gasteiger partial charge in [-0.3, -0.25) is 4.99 Å². The predicted octanol–water partition coefficient (Wildman–Crippen LogP) is 3.71. The van der Waals surface area contributed by atoms with Crippen molar-refractivity contribution in [3.63, 3.8) is 0 Å². The SMILES string of the molecule is CN=C(NCCc1ccc(F)cc1F)NC(C)c1ccc(F)cc1F. The first-order valence-electron chi connectivity index (χ1n) is 7.76. The number of nitrogens with zero attached hydrogens (tertiary/aromatic N) is 1. The predicted molar refractivity (Wildman–Crippen MR) is 89.3 cm³/mol. The van der Waals surface area contributed by atoms with Crippen molar-refractivity contribution in [1.29, 1.82) is 0 Å². The van der Waals surface area contributed by atoms with Crippen LogP contribution in [0, 0.1) is 23.3 Å². The summed E-state index contributed by atoms with van der Waals surface area (Å²) in [5.74, 6) is -2.13. The van der Waals surface area contributed by atoms with E-state index in [1.54, 1.807) is 14.0 Å². The second kappa shape index (κ2) is 8.50. The summed E-state index contributed by atoms with van der Waals surface area (Å²) in [5, 5.41) is 5.95. The molecule has 3 nitrogen and oxygen atoms in total. The lowest BCUT2D eigenvalue weighted by Gasteiger charge is -2.19. The van der Waals surface area contributed by atoms with Gasteiger partial charge in [0.05, 0.1) is 6.04 Å². The molecule has 0 saturated carbocycles. The molecule has 0 bridgehead atoms. The molecule has 2 aromatic carbocycles. The molecule has 134 valence electrons. The molecular weight excluding hydrogens is 334 g/mol. The second-order valence-corrected chi connectivity index (χ2v) is 5.52. The summed E-state index contributed by atoms with van der Waals surface area (Å²) in [6, 6.07) is 6.34. The average molecular weight is 353 g/mol. The first-order valence-corrected chi connectivity index (χ1v) is 7.76. The van der Waals surface area contributed by atoms with Gasteiger partial charge in [-0.25, -0.2) is 17.6 Å². The zero-order chi connectivity index (χ0) is 18.4. The van der Waals surface area contributed by atoms with Crippen LogP contribution in [0.15, 0.2) is 41.4 Å². The highest BCUT2D eigenvalue weighted by molar-refractivity contribution is 5.80. The van der Waals surface area contributed by atoms with Crippen LogP contribution in [-0.4, -0.2) is 19.6 Å². The van der Waals surface area contributed by atoms with Crippen LogP contribution in [0.25, 0.3) is 0 Å². The monoisotopic (exact) mass is 353 g/mol. The number of guanidine groups is 1. The van der Waals surface area contributed by atoms with E-state index in [0.717, 1.165) is 12.1 Å². The summed E-state index contributed by atoms with van der Waals surface area (Å²) in [6.07, 6.45) is 0.325. The van der Waals surface area contributed by atoms with Crippen LogP contribution in [0.1, 0.15) is 24.1 Å². The summed E-state index contributed by atoms with van der Waals surface area (Å²) in [5.41, 5.74) is 0.677. The highest BCUT2D eigenvalue weighted by Gasteiger charge is 2.13. The van der Waals surface area contributed by atoms with Crippen LogP contribution in [-0.2, 0) is 6.42 Å². The van der Waals surface area contributed by atoms with Crippen molar-refractivity contribution in [2.75, 3.05) is 13.6 Å². The quantitative estimate of drug-likeness (QED) is 0.488. The van der Waals surface area contributed by atoms with Crippen LogP contribution < -0.4 is 10.6 Å². The molecule has 1 atom stereocenters. The average Bonchev–Trinajstić information content (AvgIpc) is 2.55. The van der Waals surface area contributed by atoms with Gasteiger partial charge in [0.1, 0.15) is 23.3 Å². The Morgan fingerprint density at radius 2 is 1.64 bits per heavy atom. The van der Waals surface area contributed by atoms with Gasteiger partial charge < -0.3 is 10.6 Å². The van der Waals surface area contributed by atoms with Crippen LogP contribution in [0.3, 0.4) is 0 Å². The molecule has 0 spiro atoms. The first kappa shape index (κ1) is 18.8. The van der Waals surface area contributed by atoms with Gasteiger partial charge in [0.2, 0.25) is 0 Å². The van der Waals surface area contributed by atoms with Crippen LogP contribution in [0.5, 0.6) is 0 Å². The molecule has 0 aliphatic carbocycles. The topological polar surface area (TPSA) is 36.4 Å². The second-order valence-electron chi connectivity index (χ2n) is 5.52. The van der Waals surface area contributed by atoms with E-state index in [1.807, 2.05) is 0 Å². The minimum absolute atomic E-state index is 0.300. The number of benzene rings is 2. The van der Waals surface area contributed by atoms with E-state index in [1.165, 1.54) is 24.3 Å². The van der Waals surface area contributed by atoms with Crippen molar-refractivity contribution in [2.45, 2.75) is 19.4 Å². The van der Waals surface area contributed by atoms with Crippen molar-refractivity contribution in [3.05, 3.63) is 70.8 Å². The molecule has 0 fully saturated rings. The number of rotatable bonds is 5. The normalized spacial score (nSPS) is 12.8. The molecule has 2 rings (SSSR count). The Labute approximate surface area is 143 Å². The molecule has 0 aliphatic rings. The zero-order valence-corrected chi connectivity index (χ0v) is 13.9. The molecular formula is C18H19F4N3. The van der Waals surface area contributed by atoms with E-state index < -0.39 is 29.3 Å². The van der Waals surface area contributed by atoms with Gasteiger partial charge in [-0.1, -0.05) is 12.1 Å². The van der Waals surface area contributed by atoms with Crippen LogP contribution in [0.4, 0.5) is 17.6 Å². The third-order valence-corrected chi connectivity index (χ3v) is 3.71. The first-order chi connectivity index (χ1) is 11.9. The maximum absolute atomic E-state index is 13.8. The van der Waals surface area contributed by atoms with Gasteiger partial charge in [0.15, 0.2) is 5.96 Å². The molecule has 1 unspecified atom stereocenters. The lowest BCUT2D eigenvalue weighted by atomic mass is 10.1. The Kier molecular flexibility index (Phi) is 6.38. The molecule has 0 heterocycles. The van der Waals surface area contributed by atoms with E-state index in [2.05, 4.69) is 15.6 Å². The van der Waals surface area contributed by atoms with E-state index in [9.17, 15) is 17.6 Å². The Morgan fingerprint density at radius 1 is 1.00 bits per heavy atom. The minimum atomic E-state index is -0.649. The zero-order valence-electron chi connectivity index (χ0n) is 13.9. The maximum Gasteiger partial charge on any atom is 0.191 e. The third-order valence-electron chi connectivity index (χ3n) is 3.71. The maximum atomic E-state index is 13.8. The van der Waals surface area contributed by atoms with Crippen LogP contribution >= 0.6 is 0 Å². The molecule has 0 aliphatic heterocycles. The van der Waals surface area contributed by atoms with Crippen molar-refractivity contribution in [3.8, 4) is 0 Å². The summed E-state index contributed by atoms with van der Waals surface area (Å²) < 4.78 is 53.2. The number of nitrogens with one attached hydrogen (secondary N) is 2. The Balaban J connectivity index is 1.92. The fourth-order valence-corrected chi connectivity index (χ4v) is 2.37. The van der Waals surface area contributed by atoms with Crippen LogP contribution in [0.2, 0.25) is 0 Å². The summed E-state index contributed by atoms with van der Waals surface area (Å²) in [6.45, 7) is 2.06. The van der Waals surface area contributed by atoms with E-state index in [-0.39, 0.29) is 0 Å². The molecule has 25 heavy (non-hydrogen) atoms. The summed E-state index contributed by atoms with van der Waals surface area (Å²) in [4.78, 5) is 4.01. The third kappa shape index (κ3) is 5.20. The Bertz CT molecular complexity index is 762. The lowest BCUT2D eigenvalue weighted by molar-refractivity contribution is 0.550. The molecule has 0 radical (unpaired) electrons.